The molecule has 104 valence electrons. The van der Waals surface area contributed by atoms with Crippen molar-refractivity contribution in [1.29, 1.82) is 0 Å². The minimum atomic E-state index is -0.529. The number of hydrogen-bond donors (Lipinski definition) is 2. The lowest BCUT2D eigenvalue weighted by molar-refractivity contribution is -0.128. The fourth-order valence-electron chi connectivity index (χ4n) is 2.62. The van der Waals surface area contributed by atoms with Crippen LogP contribution in [0.1, 0.15) is 25.7 Å². The fraction of sp³-hybridized carbons (Fsp3) is 0.583. The van der Waals surface area contributed by atoms with Gasteiger partial charge in [0.2, 0.25) is 11.8 Å². The van der Waals surface area contributed by atoms with Crippen molar-refractivity contribution in [3.05, 3.63) is 11.3 Å². The summed E-state index contributed by atoms with van der Waals surface area (Å²) < 4.78 is 0. The van der Waals surface area contributed by atoms with Gasteiger partial charge in [-0.15, -0.1) is 11.6 Å². The van der Waals surface area contributed by atoms with E-state index in [0.29, 0.717) is 17.7 Å². The lowest BCUT2D eigenvalue weighted by Crippen LogP contribution is -2.42. The standard InChI is InChI=1S/C12H16ClN3O3/c13-4-5-16-9(17)6-7-2-1-3-8(11(14)18)10(7)15-12(16)19/h7H,1-6H2,(H2,14,18)(H,15,19). The van der Waals surface area contributed by atoms with E-state index in [1.165, 1.54) is 0 Å². The van der Waals surface area contributed by atoms with Gasteiger partial charge in [-0.25, -0.2) is 4.79 Å². The van der Waals surface area contributed by atoms with Gasteiger partial charge in [0, 0.05) is 36.0 Å². The highest BCUT2D eigenvalue weighted by molar-refractivity contribution is 6.18. The van der Waals surface area contributed by atoms with E-state index in [1.54, 1.807) is 0 Å². The molecule has 0 spiro atoms. The van der Waals surface area contributed by atoms with E-state index in [1.807, 2.05) is 0 Å². The van der Waals surface area contributed by atoms with Crippen LogP contribution in [0.5, 0.6) is 0 Å². The first-order chi connectivity index (χ1) is 9.04. The second-order valence-corrected chi connectivity index (χ2v) is 5.09. The van der Waals surface area contributed by atoms with E-state index in [4.69, 9.17) is 17.3 Å². The van der Waals surface area contributed by atoms with Gasteiger partial charge in [0.25, 0.3) is 0 Å². The van der Waals surface area contributed by atoms with Crippen LogP contribution in [-0.2, 0) is 9.59 Å². The van der Waals surface area contributed by atoms with Crippen LogP contribution in [0, 0.1) is 5.92 Å². The van der Waals surface area contributed by atoms with Gasteiger partial charge >= 0.3 is 6.03 Å². The Balaban J connectivity index is 2.35. The fourth-order valence-corrected chi connectivity index (χ4v) is 2.78. The molecule has 6 nitrogen and oxygen atoms in total. The largest absolute Gasteiger partial charge is 0.366 e. The molecule has 1 aliphatic heterocycles. The maximum Gasteiger partial charge on any atom is 0.328 e. The minimum absolute atomic E-state index is 0.131. The number of fused-ring (bicyclic) bond motifs is 1. The molecule has 1 saturated heterocycles. The van der Waals surface area contributed by atoms with E-state index < -0.39 is 11.9 Å². The number of amides is 4. The monoisotopic (exact) mass is 285 g/mol. The highest BCUT2D eigenvalue weighted by atomic mass is 35.5. The van der Waals surface area contributed by atoms with Gasteiger partial charge in [-0.3, -0.25) is 14.5 Å². The average Bonchev–Trinajstić information content (AvgIpc) is 2.47. The SMILES string of the molecule is NC(=O)C1=C2NC(=O)N(CCCl)C(=O)CC2CCC1. The molecule has 1 atom stereocenters. The molecule has 0 radical (unpaired) electrons. The Labute approximate surface area is 115 Å². The summed E-state index contributed by atoms with van der Waals surface area (Å²) in [6.45, 7) is 0.165. The molecule has 3 N–H and O–H groups in total. The summed E-state index contributed by atoms with van der Waals surface area (Å²) in [5.74, 6) is -0.735. The third kappa shape index (κ3) is 2.73. The number of imide groups is 1. The number of allylic oxidation sites excluding steroid dienone is 1. The molecule has 19 heavy (non-hydrogen) atoms. The summed E-state index contributed by atoms with van der Waals surface area (Å²) in [4.78, 5) is 36.5. The van der Waals surface area contributed by atoms with E-state index in [9.17, 15) is 14.4 Å². The van der Waals surface area contributed by atoms with Gasteiger partial charge in [-0.1, -0.05) is 0 Å². The van der Waals surface area contributed by atoms with E-state index in [-0.39, 0.29) is 30.7 Å². The van der Waals surface area contributed by atoms with Gasteiger partial charge < -0.3 is 11.1 Å². The number of hydrogen-bond acceptors (Lipinski definition) is 3. The number of alkyl halides is 1. The first-order valence-electron chi connectivity index (χ1n) is 6.24. The smallest absolute Gasteiger partial charge is 0.328 e. The first-order valence-corrected chi connectivity index (χ1v) is 6.78. The maximum absolute atomic E-state index is 12.0. The molecule has 1 heterocycles. The molecule has 0 aromatic heterocycles. The van der Waals surface area contributed by atoms with Gasteiger partial charge in [-0.2, -0.15) is 0 Å². The van der Waals surface area contributed by atoms with E-state index in [2.05, 4.69) is 5.32 Å². The van der Waals surface area contributed by atoms with Crippen LogP contribution in [0.25, 0.3) is 0 Å². The molecule has 2 rings (SSSR count). The number of nitrogens with zero attached hydrogens (tertiary/aromatic N) is 1. The van der Waals surface area contributed by atoms with Crippen molar-refractivity contribution in [3.63, 3.8) is 0 Å². The zero-order chi connectivity index (χ0) is 14.0. The minimum Gasteiger partial charge on any atom is -0.366 e. The molecule has 0 bridgehead atoms. The van der Waals surface area contributed by atoms with Crippen LogP contribution >= 0.6 is 11.6 Å². The third-order valence-electron chi connectivity index (χ3n) is 3.53. The molecule has 1 aliphatic carbocycles. The Kier molecular flexibility index (Phi) is 4.09. The number of carbonyl (C=O) groups excluding carboxylic acids is 3. The van der Waals surface area contributed by atoms with Crippen molar-refractivity contribution in [2.75, 3.05) is 12.4 Å². The van der Waals surface area contributed by atoms with Gasteiger partial charge in [-0.05, 0) is 19.3 Å². The van der Waals surface area contributed by atoms with Crippen molar-refractivity contribution in [3.8, 4) is 0 Å². The maximum atomic E-state index is 12.0. The molecule has 0 saturated carbocycles. The van der Waals surface area contributed by atoms with E-state index >= 15 is 0 Å². The molecule has 7 heteroatoms. The lowest BCUT2D eigenvalue weighted by atomic mass is 9.84. The van der Waals surface area contributed by atoms with Gasteiger partial charge in [0.05, 0.1) is 0 Å². The van der Waals surface area contributed by atoms with E-state index in [0.717, 1.165) is 17.7 Å². The Morgan fingerprint density at radius 2 is 2.21 bits per heavy atom. The number of primary amides is 1. The highest BCUT2D eigenvalue weighted by Crippen LogP contribution is 2.33. The average molecular weight is 286 g/mol. The van der Waals surface area contributed by atoms with Crippen LogP contribution in [-0.4, -0.2) is 35.2 Å². The highest BCUT2D eigenvalue weighted by Gasteiger charge is 2.35. The van der Waals surface area contributed by atoms with Crippen molar-refractivity contribution in [2.24, 2.45) is 11.7 Å². The van der Waals surface area contributed by atoms with Crippen LogP contribution < -0.4 is 11.1 Å². The first kappa shape index (κ1) is 13.9. The Morgan fingerprint density at radius 1 is 1.47 bits per heavy atom. The quantitative estimate of drug-likeness (QED) is 0.748. The zero-order valence-corrected chi connectivity index (χ0v) is 11.2. The molecular weight excluding hydrogens is 270 g/mol. The summed E-state index contributed by atoms with van der Waals surface area (Å²) in [6.07, 6.45) is 2.32. The van der Waals surface area contributed by atoms with Crippen LogP contribution in [0.3, 0.4) is 0 Å². The summed E-state index contributed by atoms with van der Waals surface area (Å²) >= 11 is 5.59. The second-order valence-electron chi connectivity index (χ2n) is 4.71. The number of nitrogens with two attached hydrogens (primary N) is 1. The number of carbonyl (C=O) groups is 3. The molecule has 2 aliphatic rings. The second kappa shape index (κ2) is 5.61. The third-order valence-corrected chi connectivity index (χ3v) is 3.70. The Bertz CT molecular complexity index is 461. The lowest BCUT2D eigenvalue weighted by Gasteiger charge is -2.24. The molecule has 0 aromatic carbocycles. The number of rotatable bonds is 3. The summed E-state index contributed by atoms with van der Waals surface area (Å²) in [7, 11) is 0. The molecule has 4 amide bonds. The predicted octanol–water partition coefficient (Wildman–Crippen LogP) is 0.707. The van der Waals surface area contributed by atoms with Crippen LogP contribution in [0.2, 0.25) is 0 Å². The Morgan fingerprint density at radius 3 is 2.84 bits per heavy atom. The van der Waals surface area contributed by atoms with Gasteiger partial charge in [0.1, 0.15) is 0 Å². The number of nitrogens with one attached hydrogen (secondary N) is 1. The zero-order valence-electron chi connectivity index (χ0n) is 10.4. The molecular formula is C12H16ClN3O3. The Hall–Kier alpha value is -1.56. The summed E-state index contributed by atoms with van der Waals surface area (Å²) in [5.41, 5.74) is 6.29. The van der Waals surface area contributed by atoms with Crippen molar-refractivity contribution in [2.45, 2.75) is 25.7 Å². The molecule has 0 aromatic rings. The number of urea groups is 1. The van der Waals surface area contributed by atoms with Crippen molar-refractivity contribution >= 4 is 29.4 Å². The molecule has 1 unspecified atom stereocenters. The van der Waals surface area contributed by atoms with Crippen LogP contribution in [0.15, 0.2) is 11.3 Å². The van der Waals surface area contributed by atoms with Crippen LogP contribution in [0.4, 0.5) is 4.79 Å². The summed E-state index contributed by atoms with van der Waals surface area (Å²) in [6, 6.07) is -0.524. The van der Waals surface area contributed by atoms with Crippen molar-refractivity contribution in [1.82, 2.24) is 10.2 Å². The van der Waals surface area contributed by atoms with Gasteiger partial charge in [0.15, 0.2) is 0 Å². The summed E-state index contributed by atoms with van der Waals surface area (Å²) in [5, 5.41) is 2.66. The normalized spacial score (nSPS) is 23.8. The van der Waals surface area contributed by atoms with Crippen molar-refractivity contribution < 1.29 is 14.4 Å². The molecule has 1 fully saturated rings. The predicted molar refractivity (Wildman–Crippen MR) is 69.1 cm³/mol. The topological polar surface area (TPSA) is 92.5 Å². The number of halogens is 1.